The summed E-state index contributed by atoms with van der Waals surface area (Å²) >= 11 is 3.57. The van der Waals surface area contributed by atoms with Crippen molar-refractivity contribution in [2.45, 2.75) is 13.0 Å². The van der Waals surface area contributed by atoms with Crippen LogP contribution in [-0.2, 0) is 13.0 Å². The van der Waals surface area contributed by atoms with E-state index in [1.807, 2.05) is 12.1 Å². The number of anilines is 1. The molecule has 0 N–H and O–H groups in total. The maximum Gasteiger partial charge on any atom is 0.140 e. The Kier molecular flexibility index (Phi) is 3.11. The highest BCUT2D eigenvalue weighted by Gasteiger charge is 2.19. The van der Waals surface area contributed by atoms with Crippen molar-refractivity contribution < 1.29 is 0 Å². The van der Waals surface area contributed by atoms with Gasteiger partial charge in [-0.25, -0.2) is 9.97 Å². The van der Waals surface area contributed by atoms with Crippen LogP contribution in [0.5, 0.6) is 0 Å². The second-order valence-electron chi connectivity index (χ2n) is 5.27. The molecule has 2 aromatic carbocycles. The molecule has 0 saturated heterocycles. The van der Waals surface area contributed by atoms with Crippen LogP contribution in [0.1, 0.15) is 11.1 Å². The average Bonchev–Trinajstić information content (AvgIpc) is 2.54. The van der Waals surface area contributed by atoms with Gasteiger partial charge in [-0.2, -0.15) is 0 Å². The van der Waals surface area contributed by atoms with Crippen LogP contribution in [0.2, 0.25) is 0 Å². The SMILES string of the molecule is Brc1cccc2c(N3CCc4ccccc4C3)ncnc12. The minimum atomic E-state index is 0.912. The van der Waals surface area contributed by atoms with Crippen molar-refractivity contribution in [1.82, 2.24) is 9.97 Å². The summed E-state index contributed by atoms with van der Waals surface area (Å²) in [4.78, 5) is 11.3. The Morgan fingerprint density at radius 3 is 2.71 bits per heavy atom. The fourth-order valence-electron chi connectivity index (χ4n) is 2.97. The molecule has 3 nitrogen and oxygen atoms in total. The van der Waals surface area contributed by atoms with Gasteiger partial charge in [0.2, 0.25) is 0 Å². The van der Waals surface area contributed by atoms with E-state index in [1.165, 1.54) is 11.1 Å². The second-order valence-corrected chi connectivity index (χ2v) is 6.13. The predicted octanol–water partition coefficient (Wildman–Crippen LogP) is 3.96. The van der Waals surface area contributed by atoms with Gasteiger partial charge in [-0.15, -0.1) is 0 Å². The second kappa shape index (κ2) is 5.11. The van der Waals surface area contributed by atoms with Crippen molar-refractivity contribution in [3.05, 3.63) is 64.4 Å². The zero-order chi connectivity index (χ0) is 14.2. The van der Waals surface area contributed by atoms with Crippen molar-refractivity contribution in [3.8, 4) is 0 Å². The number of nitrogens with zero attached hydrogens (tertiary/aromatic N) is 3. The number of benzene rings is 2. The van der Waals surface area contributed by atoms with E-state index >= 15 is 0 Å². The number of halogens is 1. The van der Waals surface area contributed by atoms with Gasteiger partial charge in [0.15, 0.2) is 0 Å². The summed E-state index contributed by atoms with van der Waals surface area (Å²) in [7, 11) is 0. The lowest BCUT2D eigenvalue weighted by Crippen LogP contribution is -2.31. The summed E-state index contributed by atoms with van der Waals surface area (Å²) in [5.74, 6) is 1.02. The minimum absolute atomic E-state index is 0.912. The van der Waals surface area contributed by atoms with Gasteiger partial charge in [-0.3, -0.25) is 0 Å². The summed E-state index contributed by atoms with van der Waals surface area (Å²) in [6.07, 6.45) is 2.72. The highest BCUT2D eigenvalue weighted by molar-refractivity contribution is 9.10. The first-order valence-electron chi connectivity index (χ1n) is 7.04. The Morgan fingerprint density at radius 2 is 1.81 bits per heavy atom. The number of rotatable bonds is 1. The lowest BCUT2D eigenvalue weighted by molar-refractivity contribution is 0.723. The molecule has 0 saturated carbocycles. The van der Waals surface area contributed by atoms with Crippen molar-refractivity contribution in [2.75, 3.05) is 11.4 Å². The normalized spacial score (nSPS) is 14.2. The molecule has 4 rings (SSSR count). The maximum absolute atomic E-state index is 4.54. The van der Waals surface area contributed by atoms with Crippen molar-refractivity contribution in [2.24, 2.45) is 0 Å². The first-order chi connectivity index (χ1) is 10.3. The van der Waals surface area contributed by atoms with E-state index in [9.17, 15) is 0 Å². The van der Waals surface area contributed by atoms with Crippen LogP contribution in [0.4, 0.5) is 5.82 Å². The number of para-hydroxylation sites is 1. The van der Waals surface area contributed by atoms with Gasteiger partial charge in [-0.1, -0.05) is 30.3 Å². The summed E-state index contributed by atoms with van der Waals surface area (Å²) in [6.45, 7) is 1.91. The molecule has 21 heavy (non-hydrogen) atoms. The fraction of sp³-hybridized carbons (Fsp3) is 0.176. The van der Waals surface area contributed by atoms with Crippen LogP contribution in [0.15, 0.2) is 53.3 Å². The van der Waals surface area contributed by atoms with Crippen LogP contribution in [0.3, 0.4) is 0 Å². The Hall–Kier alpha value is -1.94. The molecule has 0 atom stereocenters. The van der Waals surface area contributed by atoms with E-state index in [0.29, 0.717) is 0 Å². The first kappa shape index (κ1) is 12.8. The molecule has 0 radical (unpaired) electrons. The Morgan fingerprint density at radius 1 is 0.952 bits per heavy atom. The van der Waals surface area contributed by atoms with Gasteiger partial charge >= 0.3 is 0 Å². The molecular weight excluding hydrogens is 326 g/mol. The van der Waals surface area contributed by atoms with Crippen LogP contribution in [-0.4, -0.2) is 16.5 Å². The number of hydrogen-bond donors (Lipinski definition) is 0. The largest absolute Gasteiger partial charge is 0.351 e. The first-order valence-corrected chi connectivity index (χ1v) is 7.83. The van der Waals surface area contributed by atoms with Gasteiger partial charge in [0.25, 0.3) is 0 Å². The Labute approximate surface area is 131 Å². The summed E-state index contributed by atoms with van der Waals surface area (Å²) in [6, 6.07) is 14.8. The smallest absolute Gasteiger partial charge is 0.140 e. The molecule has 2 heterocycles. The zero-order valence-electron chi connectivity index (χ0n) is 11.5. The third kappa shape index (κ3) is 2.20. The average molecular weight is 340 g/mol. The monoisotopic (exact) mass is 339 g/mol. The van der Waals surface area contributed by atoms with Crippen molar-refractivity contribution >= 4 is 32.7 Å². The lowest BCUT2D eigenvalue weighted by Gasteiger charge is -2.30. The number of hydrogen-bond acceptors (Lipinski definition) is 3. The molecule has 0 unspecified atom stereocenters. The summed E-state index contributed by atoms with van der Waals surface area (Å²) in [5, 5.41) is 1.10. The molecule has 0 spiro atoms. The highest BCUT2D eigenvalue weighted by atomic mass is 79.9. The van der Waals surface area contributed by atoms with E-state index in [4.69, 9.17) is 0 Å². The van der Waals surface area contributed by atoms with Crippen LogP contribution >= 0.6 is 15.9 Å². The molecule has 3 aromatic rings. The third-order valence-corrected chi connectivity index (χ3v) is 4.66. The summed E-state index contributed by atoms with van der Waals surface area (Å²) in [5.41, 5.74) is 3.82. The standard InChI is InChI=1S/C17H14BrN3/c18-15-7-3-6-14-16(15)19-11-20-17(14)21-9-8-12-4-1-2-5-13(12)10-21/h1-7,11H,8-10H2. The van der Waals surface area contributed by atoms with E-state index in [-0.39, 0.29) is 0 Å². The number of fused-ring (bicyclic) bond motifs is 2. The van der Waals surface area contributed by atoms with Crippen LogP contribution < -0.4 is 4.90 Å². The molecule has 1 aliphatic rings. The molecule has 4 heteroatoms. The molecule has 0 amide bonds. The minimum Gasteiger partial charge on any atom is -0.351 e. The van der Waals surface area contributed by atoms with E-state index < -0.39 is 0 Å². The number of aromatic nitrogens is 2. The maximum atomic E-state index is 4.54. The Balaban J connectivity index is 1.80. The van der Waals surface area contributed by atoms with E-state index in [0.717, 1.165) is 40.7 Å². The molecule has 104 valence electrons. The van der Waals surface area contributed by atoms with E-state index in [1.54, 1.807) is 6.33 Å². The topological polar surface area (TPSA) is 29.0 Å². The predicted molar refractivity (Wildman–Crippen MR) is 88.4 cm³/mol. The fourth-order valence-corrected chi connectivity index (χ4v) is 3.43. The van der Waals surface area contributed by atoms with Gasteiger partial charge < -0.3 is 4.90 Å². The molecule has 0 aliphatic carbocycles. The third-order valence-electron chi connectivity index (χ3n) is 4.02. The van der Waals surface area contributed by atoms with Crippen LogP contribution in [0.25, 0.3) is 10.9 Å². The Bertz CT molecular complexity index is 816. The van der Waals surface area contributed by atoms with Gasteiger partial charge in [0.1, 0.15) is 12.1 Å². The highest BCUT2D eigenvalue weighted by Crippen LogP contribution is 2.30. The quantitative estimate of drug-likeness (QED) is 0.672. The molecule has 1 aliphatic heterocycles. The van der Waals surface area contributed by atoms with Gasteiger partial charge in [-0.05, 0) is 45.6 Å². The van der Waals surface area contributed by atoms with Crippen LogP contribution in [0, 0.1) is 0 Å². The van der Waals surface area contributed by atoms with Crippen molar-refractivity contribution in [1.29, 1.82) is 0 Å². The van der Waals surface area contributed by atoms with Gasteiger partial charge in [0.05, 0.1) is 5.52 Å². The molecular formula is C17H14BrN3. The van der Waals surface area contributed by atoms with Crippen molar-refractivity contribution in [3.63, 3.8) is 0 Å². The molecule has 1 aromatic heterocycles. The summed E-state index contributed by atoms with van der Waals surface area (Å²) < 4.78 is 1.01. The molecule has 0 bridgehead atoms. The molecule has 0 fully saturated rings. The zero-order valence-corrected chi connectivity index (χ0v) is 13.0. The van der Waals surface area contributed by atoms with Gasteiger partial charge in [0, 0.05) is 22.9 Å². The van der Waals surface area contributed by atoms with E-state index in [2.05, 4.69) is 61.1 Å². The lowest BCUT2D eigenvalue weighted by atomic mass is 10.00.